The van der Waals surface area contributed by atoms with E-state index >= 15 is 0 Å². The lowest BCUT2D eigenvalue weighted by atomic mass is 10.2. The van der Waals surface area contributed by atoms with Gasteiger partial charge in [-0.3, -0.25) is 4.98 Å². The molecule has 1 atom stereocenters. The molecule has 0 radical (unpaired) electrons. The van der Waals surface area contributed by atoms with E-state index in [-0.39, 0.29) is 0 Å². The Balaban J connectivity index is 2.18. The van der Waals surface area contributed by atoms with Crippen LogP contribution >= 0.6 is 0 Å². The van der Waals surface area contributed by atoms with E-state index in [1.54, 1.807) is 0 Å². The third kappa shape index (κ3) is 1.72. The van der Waals surface area contributed by atoms with Crippen LogP contribution in [0.25, 0.3) is 11.0 Å². The molecule has 0 spiro atoms. The summed E-state index contributed by atoms with van der Waals surface area (Å²) in [6, 6.07) is 3.06. The van der Waals surface area contributed by atoms with E-state index in [2.05, 4.69) is 27.9 Å². The van der Waals surface area contributed by atoms with E-state index in [1.165, 1.54) is 24.2 Å². The molecule has 17 heavy (non-hydrogen) atoms. The molecule has 2 aromatic heterocycles. The fraction of sp³-hybridized carbons (Fsp3) is 0.538. The highest BCUT2D eigenvalue weighted by Gasteiger charge is 2.30. The second-order valence-corrected chi connectivity index (χ2v) is 4.69. The molecule has 0 aliphatic heterocycles. The lowest BCUT2D eigenvalue weighted by molar-refractivity contribution is 0.514. The van der Waals surface area contributed by atoms with Crippen LogP contribution in [0.4, 0.5) is 0 Å². The molecule has 3 rings (SSSR count). The van der Waals surface area contributed by atoms with Gasteiger partial charge >= 0.3 is 0 Å². The number of fused-ring (bicyclic) bond motifs is 1. The minimum atomic E-state index is 0.336. The first-order valence-electron chi connectivity index (χ1n) is 6.34. The summed E-state index contributed by atoms with van der Waals surface area (Å²) >= 11 is 0. The fourth-order valence-electron chi connectivity index (χ4n) is 2.45. The van der Waals surface area contributed by atoms with E-state index in [1.807, 2.05) is 19.4 Å². The Hall–Kier alpha value is -1.42. The molecule has 1 aliphatic carbocycles. The Bertz CT molecular complexity index is 523. The molecule has 2 aromatic rings. The van der Waals surface area contributed by atoms with Crippen molar-refractivity contribution in [3.63, 3.8) is 0 Å². The van der Waals surface area contributed by atoms with Crippen LogP contribution in [-0.2, 0) is 0 Å². The number of hydrogen-bond donors (Lipinski definition) is 1. The van der Waals surface area contributed by atoms with Crippen LogP contribution in [0.5, 0.6) is 0 Å². The zero-order chi connectivity index (χ0) is 11.8. The van der Waals surface area contributed by atoms with Gasteiger partial charge in [-0.25, -0.2) is 4.98 Å². The van der Waals surface area contributed by atoms with Crippen molar-refractivity contribution in [1.82, 2.24) is 19.9 Å². The zero-order valence-electron chi connectivity index (χ0n) is 10.3. The quantitative estimate of drug-likeness (QED) is 0.877. The molecule has 1 fully saturated rings. The van der Waals surface area contributed by atoms with Crippen molar-refractivity contribution in [3.8, 4) is 0 Å². The van der Waals surface area contributed by atoms with Gasteiger partial charge in [0.2, 0.25) is 0 Å². The Kier molecular flexibility index (Phi) is 2.59. The van der Waals surface area contributed by atoms with Crippen molar-refractivity contribution in [2.75, 3.05) is 7.05 Å². The van der Waals surface area contributed by atoms with E-state index in [4.69, 9.17) is 4.98 Å². The number of nitrogens with one attached hydrogen (secondary N) is 1. The SMILES string of the molecule is CCC(NC)c1nc2cnccc2n1C1CC1. The molecule has 0 saturated heterocycles. The van der Waals surface area contributed by atoms with Gasteiger partial charge in [0, 0.05) is 12.2 Å². The summed E-state index contributed by atoms with van der Waals surface area (Å²) in [6.45, 7) is 2.19. The molecule has 4 heteroatoms. The smallest absolute Gasteiger partial charge is 0.127 e. The second-order valence-electron chi connectivity index (χ2n) is 4.69. The van der Waals surface area contributed by atoms with Gasteiger partial charge in [-0.1, -0.05) is 6.92 Å². The highest BCUT2D eigenvalue weighted by Crippen LogP contribution is 2.40. The largest absolute Gasteiger partial charge is 0.323 e. The minimum absolute atomic E-state index is 0.336. The molecule has 0 amide bonds. The first-order chi connectivity index (χ1) is 8.35. The Morgan fingerprint density at radius 3 is 3.00 bits per heavy atom. The van der Waals surface area contributed by atoms with Crippen molar-refractivity contribution in [1.29, 1.82) is 0 Å². The number of rotatable bonds is 4. The molecular weight excluding hydrogens is 212 g/mol. The molecule has 2 heterocycles. The number of hydrogen-bond acceptors (Lipinski definition) is 3. The van der Waals surface area contributed by atoms with E-state index in [0.717, 1.165) is 11.9 Å². The first-order valence-corrected chi connectivity index (χ1v) is 6.34. The summed E-state index contributed by atoms with van der Waals surface area (Å²) in [4.78, 5) is 8.92. The highest BCUT2D eigenvalue weighted by molar-refractivity contribution is 5.75. The van der Waals surface area contributed by atoms with Gasteiger partial charge in [0.1, 0.15) is 11.3 Å². The van der Waals surface area contributed by atoms with Crippen molar-refractivity contribution >= 4 is 11.0 Å². The molecule has 1 saturated carbocycles. The summed E-state index contributed by atoms with van der Waals surface area (Å²) in [5.41, 5.74) is 2.24. The van der Waals surface area contributed by atoms with Crippen molar-refractivity contribution in [2.24, 2.45) is 0 Å². The average molecular weight is 230 g/mol. The fourth-order valence-corrected chi connectivity index (χ4v) is 2.45. The summed E-state index contributed by atoms with van der Waals surface area (Å²) in [5, 5.41) is 3.35. The lowest BCUT2D eigenvalue weighted by Gasteiger charge is -2.15. The van der Waals surface area contributed by atoms with E-state index < -0.39 is 0 Å². The first kappa shape index (κ1) is 10.7. The van der Waals surface area contributed by atoms with Gasteiger partial charge in [0.05, 0.1) is 17.8 Å². The lowest BCUT2D eigenvalue weighted by Crippen LogP contribution is -2.19. The van der Waals surface area contributed by atoms with E-state index in [0.29, 0.717) is 12.1 Å². The average Bonchev–Trinajstić information content (AvgIpc) is 3.12. The van der Waals surface area contributed by atoms with Gasteiger partial charge < -0.3 is 9.88 Å². The zero-order valence-corrected chi connectivity index (χ0v) is 10.3. The van der Waals surface area contributed by atoms with Crippen LogP contribution in [-0.4, -0.2) is 21.6 Å². The number of nitrogens with zero attached hydrogens (tertiary/aromatic N) is 3. The van der Waals surface area contributed by atoms with Crippen LogP contribution in [0, 0.1) is 0 Å². The third-order valence-electron chi connectivity index (χ3n) is 3.50. The van der Waals surface area contributed by atoms with Gasteiger partial charge in [-0.15, -0.1) is 0 Å². The second kappa shape index (κ2) is 4.11. The van der Waals surface area contributed by atoms with Crippen molar-refractivity contribution in [2.45, 2.75) is 38.3 Å². The molecule has 1 N–H and O–H groups in total. The summed E-state index contributed by atoms with van der Waals surface area (Å²) in [6.07, 6.45) is 7.33. The molecule has 90 valence electrons. The third-order valence-corrected chi connectivity index (χ3v) is 3.50. The molecular formula is C13H18N4. The summed E-state index contributed by atoms with van der Waals surface area (Å²) in [5.74, 6) is 1.17. The van der Waals surface area contributed by atoms with Crippen LogP contribution in [0.1, 0.15) is 44.1 Å². The minimum Gasteiger partial charge on any atom is -0.323 e. The summed E-state index contributed by atoms with van der Waals surface area (Å²) < 4.78 is 2.40. The summed E-state index contributed by atoms with van der Waals surface area (Å²) in [7, 11) is 2.00. The van der Waals surface area contributed by atoms with E-state index in [9.17, 15) is 0 Å². The van der Waals surface area contributed by atoms with Gasteiger partial charge in [-0.2, -0.15) is 0 Å². The van der Waals surface area contributed by atoms with Gasteiger partial charge in [-0.05, 0) is 32.4 Å². The molecule has 0 aromatic carbocycles. The topological polar surface area (TPSA) is 42.7 Å². The molecule has 0 bridgehead atoms. The normalized spacial score (nSPS) is 17.5. The highest BCUT2D eigenvalue weighted by atomic mass is 15.2. The van der Waals surface area contributed by atoms with Crippen LogP contribution in [0.15, 0.2) is 18.5 Å². The number of aromatic nitrogens is 3. The van der Waals surface area contributed by atoms with Crippen molar-refractivity contribution in [3.05, 3.63) is 24.3 Å². The Morgan fingerprint density at radius 2 is 2.35 bits per heavy atom. The maximum atomic E-state index is 4.75. The molecule has 1 unspecified atom stereocenters. The maximum Gasteiger partial charge on any atom is 0.127 e. The number of pyridine rings is 1. The van der Waals surface area contributed by atoms with Gasteiger partial charge in [0.15, 0.2) is 0 Å². The monoisotopic (exact) mass is 230 g/mol. The maximum absolute atomic E-state index is 4.75. The predicted octanol–water partition coefficient (Wildman–Crippen LogP) is 2.44. The van der Waals surface area contributed by atoms with Crippen molar-refractivity contribution < 1.29 is 0 Å². The Labute approximate surface area is 101 Å². The Morgan fingerprint density at radius 1 is 1.53 bits per heavy atom. The van der Waals surface area contributed by atoms with Crippen LogP contribution in [0.2, 0.25) is 0 Å². The number of imidazole rings is 1. The molecule has 4 nitrogen and oxygen atoms in total. The van der Waals surface area contributed by atoms with Gasteiger partial charge in [0.25, 0.3) is 0 Å². The van der Waals surface area contributed by atoms with Crippen LogP contribution in [0.3, 0.4) is 0 Å². The van der Waals surface area contributed by atoms with Crippen LogP contribution < -0.4 is 5.32 Å². The standard InChI is InChI=1S/C13H18N4/c1-3-10(14-2)13-16-11-8-15-7-6-12(11)17(13)9-4-5-9/h6-10,14H,3-5H2,1-2H3. The predicted molar refractivity (Wildman–Crippen MR) is 67.9 cm³/mol. The molecule has 1 aliphatic rings.